The number of hydrogen-bond acceptors (Lipinski definition) is 5. The van der Waals surface area contributed by atoms with Crippen LogP contribution in [0.25, 0.3) is 0 Å². The number of aromatic nitrogens is 2. The minimum atomic E-state index is -0.359. The van der Waals surface area contributed by atoms with Crippen molar-refractivity contribution >= 4 is 11.5 Å². The molecule has 1 saturated carbocycles. The molecule has 1 saturated heterocycles. The van der Waals surface area contributed by atoms with Gasteiger partial charge in [-0.2, -0.15) is 5.10 Å². The Morgan fingerprint density at radius 3 is 2.79 bits per heavy atom. The van der Waals surface area contributed by atoms with Crippen LogP contribution in [0.2, 0.25) is 0 Å². The average Bonchev–Trinajstić information content (AvgIpc) is 2.94. The SMILES string of the molecule is Cc1nn(C)c(N2CC3CCC(O)C3C2)c1[N+](=O)[O-]. The minimum Gasteiger partial charge on any atom is -0.393 e. The number of anilines is 1. The van der Waals surface area contributed by atoms with Crippen molar-refractivity contribution in [3.63, 3.8) is 0 Å². The molecule has 1 aliphatic carbocycles. The van der Waals surface area contributed by atoms with Gasteiger partial charge in [-0.1, -0.05) is 0 Å². The van der Waals surface area contributed by atoms with Crippen LogP contribution in [0.4, 0.5) is 11.5 Å². The molecule has 2 fully saturated rings. The zero-order valence-electron chi connectivity index (χ0n) is 11.1. The highest BCUT2D eigenvalue weighted by molar-refractivity contribution is 5.62. The number of rotatable bonds is 2. The minimum absolute atomic E-state index is 0.0944. The summed E-state index contributed by atoms with van der Waals surface area (Å²) in [5, 5.41) is 25.3. The summed E-state index contributed by atoms with van der Waals surface area (Å²) in [6, 6.07) is 0. The third-order valence-corrected chi connectivity index (χ3v) is 4.46. The topological polar surface area (TPSA) is 84.4 Å². The Bertz CT molecular complexity index is 527. The summed E-state index contributed by atoms with van der Waals surface area (Å²) in [6.07, 6.45) is 1.60. The highest BCUT2D eigenvalue weighted by atomic mass is 16.6. The standard InChI is InChI=1S/C12H18N4O3/c1-7-11(16(18)19)12(14(2)13-7)15-5-8-3-4-10(17)9(8)6-15/h8-10,17H,3-6H2,1-2H3. The van der Waals surface area contributed by atoms with Gasteiger partial charge in [-0.3, -0.25) is 10.1 Å². The number of fused-ring (bicyclic) bond motifs is 1. The lowest BCUT2D eigenvalue weighted by atomic mass is 10.00. The fourth-order valence-corrected chi connectivity index (χ4v) is 3.61. The van der Waals surface area contributed by atoms with Crippen LogP contribution in [0.3, 0.4) is 0 Å². The number of aryl methyl sites for hydroxylation is 2. The van der Waals surface area contributed by atoms with Gasteiger partial charge in [0.1, 0.15) is 5.69 Å². The van der Waals surface area contributed by atoms with Crippen molar-refractivity contribution < 1.29 is 10.0 Å². The predicted molar refractivity (Wildman–Crippen MR) is 69.0 cm³/mol. The van der Waals surface area contributed by atoms with E-state index in [-0.39, 0.29) is 22.6 Å². The zero-order chi connectivity index (χ0) is 13.7. The molecule has 19 heavy (non-hydrogen) atoms. The summed E-state index contributed by atoms with van der Waals surface area (Å²) in [6.45, 7) is 3.13. The molecule has 7 nitrogen and oxygen atoms in total. The molecule has 1 aliphatic heterocycles. The first-order valence-electron chi connectivity index (χ1n) is 6.60. The molecule has 0 aromatic carbocycles. The summed E-state index contributed by atoms with van der Waals surface area (Å²) in [5.41, 5.74) is 0.539. The van der Waals surface area contributed by atoms with E-state index in [4.69, 9.17) is 0 Å². The van der Waals surface area contributed by atoms with Crippen molar-refractivity contribution in [1.29, 1.82) is 0 Å². The Kier molecular flexibility index (Phi) is 2.74. The van der Waals surface area contributed by atoms with Crippen molar-refractivity contribution in [2.24, 2.45) is 18.9 Å². The zero-order valence-corrected chi connectivity index (χ0v) is 11.1. The molecular formula is C12H18N4O3. The molecule has 0 spiro atoms. The van der Waals surface area contributed by atoms with E-state index in [9.17, 15) is 15.2 Å². The van der Waals surface area contributed by atoms with Crippen LogP contribution in [0.1, 0.15) is 18.5 Å². The molecule has 104 valence electrons. The van der Waals surface area contributed by atoms with Crippen molar-refractivity contribution in [3.8, 4) is 0 Å². The van der Waals surface area contributed by atoms with Gasteiger partial charge in [0.05, 0.1) is 11.0 Å². The van der Waals surface area contributed by atoms with Gasteiger partial charge in [0.15, 0.2) is 0 Å². The van der Waals surface area contributed by atoms with E-state index in [1.807, 2.05) is 4.90 Å². The molecule has 1 aromatic heterocycles. The summed E-state index contributed by atoms with van der Waals surface area (Å²) in [7, 11) is 1.74. The first-order valence-corrected chi connectivity index (χ1v) is 6.60. The van der Waals surface area contributed by atoms with Gasteiger partial charge in [-0.25, -0.2) is 4.68 Å². The average molecular weight is 266 g/mol. The van der Waals surface area contributed by atoms with Crippen molar-refractivity contribution in [2.45, 2.75) is 25.9 Å². The van der Waals surface area contributed by atoms with E-state index in [1.165, 1.54) is 0 Å². The van der Waals surface area contributed by atoms with Crippen LogP contribution >= 0.6 is 0 Å². The van der Waals surface area contributed by atoms with E-state index in [0.29, 0.717) is 24.0 Å². The Morgan fingerprint density at radius 2 is 2.16 bits per heavy atom. The molecule has 2 heterocycles. The third kappa shape index (κ3) is 1.80. The Hall–Kier alpha value is -1.63. The first kappa shape index (κ1) is 12.4. The van der Waals surface area contributed by atoms with Crippen LogP contribution in [-0.2, 0) is 7.05 Å². The molecule has 7 heteroatoms. The van der Waals surface area contributed by atoms with Gasteiger partial charge in [0.25, 0.3) is 0 Å². The second-order valence-corrected chi connectivity index (χ2v) is 5.61. The van der Waals surface area contributed by atoms with Crippen molar-refractivity contribution in [2.75, 3.05) is 18.0 Å². The predicted octanol–water partition coefficient (Wildman–Crippen LogP) is 0.844. The van der Waals surface area contributed by atoms with Crippen LogP contribution in [0, 0.1) is 28.9 Å². The van der Waals surface area contributed by atoms with Crippen LogP contribution in [0.15, 0.2) is 0 Å². The van der Waals surface area contributed by atoms with Crippen LogP contribution in [-0.4, -0.2) is 39.0 Å². The van der Waals surface area contributed by atoms with Crippen molar-refractivity contribution in [1.82, 2.24) is 9.78 Å². The fraction of sp³-hybridized carbons (Fsp3) is 0.750. The molecule has 3 atom stereocenters. The van der Waals surface area contributed by atoms with Gasteiger partial charge >= 0.3 is 5.69 Å². The maximum Gasteiger partial charge on any atom is 0.333 e. The highest BCUT2D eigenvalue weighted by Gasteiger charge is 2.44. The number of aliphatic hydroxyl groups is 1. The molecule has 1 N–H and O–H groups in total. The molecule has 1 aromatic rings. The Labute approximate surface area is 111 Å². The summed E-state index contributed by atoms with van der Waals surface area (Å²) < 4.78 is 1.58. The van der Waals surface area contributed by atoms with E-state index in [0.717, 1.165) is 19.4 Å². The third-order valence-electron chi connectivity index (χ3n) is 4.46. The quantitative estimate of drug-likeness (QED) is 0.633. The molecule has 3 unspecified atom stereocenters. The normalized spacial score (nSPS) is 29.8. The molecule has 2 aliphatic rings. The maximum atomic E-state index is 11.2. The maximum absolute atomic E-state index is 11.2. The molecule has 0 bridgehead atoms. The molecular weight excluding hydrogens is 248 g/mol. The fourth-order valence-electron chi connectivity index (χ4n) is 3.61. The van der Waals surface area contributed by atoms with E-state index in [2.05, 4.69) is 5.10 Å². The lowest BCUT2D eigenvalue weighted by molar-refractivity contribution is -0.384. The lowest BCUT2D eigenvalue weighted by Crippen LogP contribution is -2.26. The number of nitro groups is 1. The molecule has 3 rings (SSSR count). The Morgan fingerprint density at radius 1 is 1.42 bits per heavy atom. The van der Waals surface area contributed by atoms with E-state index >= 15 is 0 Å². The van der Waals surface area contributed by atoms with Crippen LogP contribution < -0.4 is 4.90 Å². The van der Waals surface area contributed by atoms with Gasteiger partial charge in [0.2, 0.25) is 5.82 Å². The van der Waals surface area contributed by atoms with E-state index < -0.39 is 0 Å². The Balaban J connectivity index is 1.94. The van der Waals surface area contributed by atoms with Gasteiger partial charge in [-0.05, 0) is 25.7 Å². The summed E-state index contributed by atoms with van der Waals surface area (Å²) in [4.78, 5) is 12.9. The highest BCUT2D eigenvalue weighted by Crippen LogP contribution is 2.42. The number of aliphatic hydroxyl groups excluding tert-OH is 1. The lowest BCUT2D eigenvalue weighted by Gasteiger charge is -2.19. The van der Waals surface area contributed by atoms with Gasteiger partial charge in [-0.15, -0.1) is 0 Å². The second-order valence-electron chi connectivity index (χ2n) is 5.61. The molecule has 0 amide bonds. The number of nitrogens with zero attached hydrogens (tertiary/aromatic N) is 4. The van der Waals surface area contributed by atoms with Gasteiger partial charge < -0.3 is 10.0 Å². The van der Waals surface area contributed by atoms with Gasteiger partial charge in [0, 0.05) is 26.1 Å². The first-order chi connectivity index (χ1) is 8.99. The summed E-state index contributed by atoms with van der Waals surface area (Å²) in [5.74, 6) is 1.27. The smallest absolute Gasteiger partial charge is 0.333 e. The van der Waals surface area contributed by atoms with Crippen molar-refractivity contribution in [3.05, 3.63) is 15.8 Å². The largest absolute Gasteiger partial charge is 0.393 e. The summed E-state index contributed by atoms with van der Waals surface area (Å²) >= 11 is 0. The molecule has 0 radical (unpaired) electrons. The van der Waals surface area contributed by atoms with E-state index in [1.54, 1.807) is 18.7 Å². The monoisotopic (exact) mass is 266 g/mol. The second kappa shape index (κ2) is 4.19. The van der Waals surface area contributed by atoms with Crippen LogP contribution in [0.5, 0.6) is 0 Å². The number of hydrogen-bond donors (Lipinski definition) is 1.